The summed E-state index contributed by atoms with van der Waals surface area (Å²) in [5.74, 6) is -0.500. The maximum Gasteiger partial charge on any atom is 0.255 e. The smallest absolute Gasteiger partial charge is 0.255 e. The topological polar surface area (TPSA) is 69.9 Å². The summed E-state index contributed by atoms with van der Waals surface area (Å²) in [6.07, 6.45) is 7.24. The zero-order valence-corrected chi connectivity index (χ0v) is 15.6. The number of nitrogens with zero attached hydrogens (tertiary/aromatic N) is 3. The molecular weight excluding hydrogens is 340 g/mol. The van der Waals surface area contributed by atoms with Crippen molar-refractivity contribution in [3.63, 3.8) is 0 Å². The minimum absolute atomic E-state index is 0.0396. The van der Waals surface area contributed by atoms with Crippen LogP contribution in [0.3, 0.4) is 0 Å². The maximum absolute atomic E-state index is 12.9. The molecule has 3 saturated heterocycles. The van der Waals surface area contributed by atoms with Gasteiger partial charge in [0.1, 0.15) is 0 Å². The van der Waals surface area contributed by atoms with Gasteiger partial charge >= 0.3 is 0 Å². The predicted molar refractivity (Wildman–Crippen MR) is 103 cm³/mol. The fraction of sp³-hybridized carbons (Fsp3) is 0.571. The van der Waals surface area contributed by atoms with E-state index in [1.165, 1.54) is 44.3 Å². The zero-order valence-electron chi connectivity index (χ0n) is 15.6. The first-order valence-electron chi connectivity index (χ1n) is 10.1. The van der Waals surface area contributed by atoms with Crippen LogP contribution in [0.4, 0.5) is 5.69 Å². The number of hydrogen-bond acceptors (Lipinski definition) is 4. The molecule has 0 aromatic heterocycles. The summed E-state index contributed by atoms with van der Waals surface area (Å²) >= 11 is 0. The summed E-state index contributed by atoms with van der Waals surface area (Å²) in [6.45, 7) is 4.29. The highest BCUT2D eigenvalue weighted by molar-refractivity contribution is 6.06. The molecule has 1 aliphatic carbocycles. The Kier molecular flexibility index (Phi) is 4.02. The molecule has 1 unspecified atom stereocenters. The molecule has 0 spiro atoms. The number of amides is 2. The number of nitrogens with two attached hydrogens (primary N) is 1. The van der Waals surface area contributed by atoms with Crippen LogP contribution in [0.2, 0.25) is 0 Å². The van der Waals surface area contributed by atoms with Gasteiger partial charge < -0.3 is 10.6 Å². The Morgan fingerprint density at radius 2 is 1.81 bits per heavy atom. The molecular formula is C21H27N4O2. The zero-order chi connectivity index (χ0) is 18.6. The van der Waals surface area contributed by atoms with Crippen LogP contribution in [0, 0.1) is 6.42 Å². The molecule has 143 valence electrons. The average Bonchev–Trinajstić information content (AvgIpc) is 3.03. The van der Waals surface area contributed by atoms with E-state index in [0.717, 1.165) is 18.7 Å². The van der Waals surface area contributed by atoms with E-state index in [1.54, 1.807) is 4.90 Å². The van der Waals surface area contributed by atoms with Crippen molar-refractivity contribution in [2.75, 3.05) is 31.1 Å². The number of carbonyl (C=O) groups excluding carboxylic acids is 2. The molecule has 6 heteroatoms. The van der Waals surface area contributed by atoms with Crippen molar-refractivity contribution in [1.29, 1.82) is 0 Å². The number of anilines is 1. The first kappa shape index (κ1) is 17.2. The summed E-state index contributed by atoms with van der Waals surface area (Å²) in [6, 6.07) is 7.98. The molecule has 2 atom stereocenters. The molecule has 5 rings (SSSR count). The van der Waals surface area contributed by atoms with Gasteiger partial charge in [0.05, 0.1) is 6.04 Å². The van der Waals surface area contributed by atoms with Crippen molar-refractivity contribution in [2.45, 2.75) is 49.7 Å². The molecule has 6 nitrogen and oxygen atoms in total. The van der Waals surface area contributed by atoms with Gasteiger partial charge in [-0.2, -0.15) is 0 Å². The van der Waals surface area contributed by atoms with E-state index in [2.05, 4.69) is 17.0 Å². The highest BCUT2D eigenvalue weighted by atomic mass is 16.2. The molecule has 1 aromatic carbocycles. The van der Waals surface area contributed by atoms with Gasteiger partial charge in [0, 0.05) is 24.2 Å². The van der Waals surface area contributed by atoms with Crippen LogP contribution < -0.4 is 10.6 Å². The molecule has 4 aliphatic rings. The largest absolute Gasteiger partial charge is 0.367 e. The van der Waals surface area contributed by atoms with E-state index in [4.69, 9.17) is 5.73 Å². The lowest BCUT2D eigenvalue weighted by Crippen LogP contribution is -2.49. The van der Waals surface area contributed by atoms with E-state index >= 15 is 0 Å². The van der Waals surface area contributed by atoms with Crippen molar-refractivity contribution in [3.05, 3.63) is 36.2 Å². The third kappa shape index (κ3) is 2.77. The van der Waals surface area contributed by atoms with Crippen LogP contribution in [-0.2, 0) is 15.0 Å². The molecule has 1 aromatic rings. The summed E-state index contributed by atoms with van der Waals surface area (Å²) in [7, 11) is 0. The molecule has 2 amide bonds. The molecule has 27 heavy (non-hydrogen) atoms. The summed E-state index contributed by atoms with van der Waals surface area (Å²) in [5.41, 5.74) is 8.06. The molecule has 2 N–H and O–H groups in total. The van der Waals surface area contributed by atoms with E-state index in [0.29, 0.717) is 6.54 Å². The normalized spacial score (nSPS) is 30.1. The predicted octanol–water partition coefficient (Wildman–Crippen LogP) is 1.25. The highest BCUT2D eigenvalue weighted by Gasteiger charge is 2.51. The van der Waals surface area contributed by atoms with E-state index in [-0.39, 0.29) is 17.4 Å². The molecule has 3 aliphatic heterocycles. The number of fused-ring (bicyclic) bond motifs is 1. The number of rotatable bonds is 5. The molecule has 3 heterocycles. The minimum Gasteiger partial charge on any atom is -0.367 e. The Bertz CT molecular complexity index is 752. The lowest BCUT2D eigenvalue weighted by Gasteiger charge is -2.27. The average molecular weight is 367 g/mol. The van der Waals surface area contributed by atoms with Gasteiger partial charge in [-0.05, 0) is 69.3 Å². The number of hydrogen-bond donors (Lipinski definition) is 1. The Balaban J connectivity index is 1.38. The van der Waals surface area contributed by atoms with Crippen molar-refractivity contribution in [3.8, 4) is 0 Å². The summed E-state index contributed by atoms with van der Waals surface area (Å²) < 4.78 is 0. The number of carbonyl (C=O) groups is 2. The summed E-state index contributed by atoms with van der Waals surface area (Å²) in [5, 5.41) is 0. The van der Waals surface area contributed by atoms with Gasteiger partial charge in [0.2, 0.25) is 5.91 Å². The molecule has 4 fully saturated rings. The lowest BCUT2D eigenvalue weighted by atomic mass is 9.95. The number of benzene rings is 1. The van der Waals surface area contributed by atoms with E-state index in [9.17, 15) is 9.59 Å². The quantitative estimate of drug-likeness (QED) is 0.850. The van der Waals surface area contributed by atoms with Gasteiger partial charge in [0.25, 0.3) is 5.91 Å². The van der Waals surface area contributed by atoms with Crippen LogP contribution in [-0.4, -0.2) is 60.0 Å². The van der Waals surface area contributed by atoms with E-state index in [1.807, 2.05) is 23.5 Å². The third-order valence-corrected chi connectivity index (χ3v) is 6.77. The van der Waals surface area contributed by atoms with Gasteiger partial charge in [-0.3, -0.25) is 19.4 Å². The standard InChI is InChI=1S/C21H27N4O2/c22-18(26)19-24-13-3-4-17(24)20(27)25(19)16-7-5-15(6-8-16)21(9-10-21)14-23-11-1-2-12-23/h4-8,17,19H,1-3,9-14H2,(H2,22,26)/t17-,19?/m0/s1. The minimum atomic E-state index is -0.674. The van der Waals surface area contributed by atoms with Gasteiger partial charge in [-0.25, -0.2) is 0 Å². The van der Waals surface area contributed by atoms with Crippen molar-refractivity contribution >= 4 is 17.5 Å². The molecule has 1 radical (unpaired) electrons. The Labute approximate surface area is 160 Å². The first-order valence-corrected chi connectivity index (χ1v) is 10.1. The maximum atomic E-state index is 12.9. The Hall–Kier alpha value is -1.92. The second-order valence-electron chi connectivity index (χ2n) is 8.50. The van der Waals surface area contributed by atoms with E-state index < -0.39 is 12.1 Å². The number of likely N-dealkylation sites (tertiary alicyclic amines) is 1. The second kappa shape index (κ2) is 6.31. The first-order chi connectivity index (χ1) is 13.1. The SMILES string of the molecule is NC(=O)C1N(c2ccc(C3(CN4CCCC4)CC3)cc2)C(=O)[C@@H]2[CH]CCN12. The fourth-order valence-corrected chi connectivity index (χ4v) is 5.18. The monoisotopic (exact) mass is 367 g/mol. The van der Waals surface area contributed by atoms with Crippen LogP contribution >= 0.6 is 0 Å². The Morgan fingerprint density at radius 1 is 1.11 bits per heavy atom. The summed E-state index contributed by atoms with van der Waals surface area (Å²) in [4.78, 5) is 31.0. The molecule has 0 bridgehead atoms. The van der Waals surface area contributed by atoms with Crippen LogP contribution in [0.5, 0.6) is 0 Å². The fourth-order valence-electron chi connectivity index (χ4n) is 5.18. The second-order valence-corrected chi connectivity index (χ2v) is 8.50. The van der Waals surface area contributed by atoms with Crippen molar-refractivity contribution in [1.82, 2.24) is 9.80 Å². The Morgan fingerprint density at radius 3 is 2.44 bits per heavy atom. The van der Waals surface area contributed by atoms with Crippen LogP contribution in [0.25, 0.3) is 0 Å². The number of primary amides is 1. The van der Waals surface area contributed by atoms with Crippen molar-refractivity contribution < 1.29 is 9.59 Å². The lowest BCUT2D eigenvalue weighted by molar-refractivity contribution is -0.122. The van der Waals surface area contributed by atoms with Gasteiger partial charge in [-0.1, -0.05) is 12.1 Å². The van der Waals surface area contributed by atoms with Crippen LogP contribution in [0.15, 0.2) is 24.3 Å². The van der Waals surface area contributed by atoms with Crippen LogP contribution in [0.1, 0.15) is 37.7 Å². The molecule has 1 saturated carbocycles. The highest BCUT2D eigenvalue weighted by Crippen LogP contribution is 2.49. The van der Waals surface area contributed by atoms with Crippen molar-refractivity contribution in [2.24, 2.45) is 5.73 Å². The third-order valence-electron chi connectivity index (χ3n) is 6.77. The van der Waals surface area contributed by atoms with Gasteiger partial charge in [-0.15, -0.1) is 0 Å². The van der Waals surface area contributed by atoms with Gasteiger partial charge in [0.15, 0.2) is 6.17 Å².